The van der Waals surface area contributed by atoms with Crippen LogP contribution in [0.3, 0.4) is 0 Å². The Labute approximate surface area is 135 Å². The first-order valence-corrected chi connectivity index (χ1v) is 7.06. The minimum atomic E-state index is -0.378. The average Bonchev–Trinajstić information content (AvgIpc) is 2.92. The van der Waals surface area contributed by atoms with Crippen LogP contribution in [-0.4, -0.2) is 27.1 Å². The van der Waals surface area contributed by atoms with E-state index in [9.17, 15) is 4.79 Å². The van der Waals surface area contributed by atoms with Crippen molar-refractivity contribution in [3.8, 4) is 6.01 Å². The smallest absolute Gasteiger partial charge is 0.322 e. The lowest BCUT2D eigenvalue weighted by Crippen LogP contribution is -2.21. The number of halogens is 2. The molecule has 3 aromatic rings. The highest BCUT2D eigenvalue weighted by atomic mass is 35.5. The van der Waals surface area contributed by atoms with E-state index in [0.29, 0.717) is 21.4 Å². The Morgan fingerprint density at radius 2 is 2.09 bits per heavy atom. The maximum absolute atomic E-state index is 11.9. The predicted molar refractivity (Wildman–Crippen MR) is 83.6 cm³/mol. The van der Waals surface area contributed by atoms with Gasteiger partial charge in [0.15, 0.2) is 12.3 Å². The Balaban J connectivity index is 1.66. The molecule has 0 bridgehead atoms. The fourth-order valence-electron chi connectivity index (χ4n) is 1.83. The van der Waals surface area contributed by atoms with Gasteiger partial charge in [-0.1, -0.05) is 34.4 Å². The van der Waals surface area contributed by atoms with Gasteiger partial charge in [0.25, 0.3) is 5.91 Å². The summed E-state index contributed by atoms with van der Waals surface area (Å²) < 4.78 is 7.00. The number of hydrogen-bond acceptors (Lipinski definition) is 4. The zero-order valence-corrected chi connectivity index (χ0v) is 12.7. The standard InChI is InChI=1S/C14H10Cl2N4O2/c15-9-4-5-10(16)11(7-9)17-13(21)8-22-14-19-18-12-3-1-2-6-20(12)14/h1-7H,8H2,(H,17,21). The summed E-state index contributed by atoms with van der Waals surface area (Å²) in [6.45, 7) is -0.224. The summed E-state index contributed by atoms with van der Waals surface area (Å²) in [6.07, 6.45) is 1.75. The SMILES string of the molecule is O=C(COc1nnc2ccccn12)Nc1cc(Cl)ccc1Cl. The van der Waals surface area contributed by atoms with Crippen LogP contribution in [0.1, 0.15) is 0 Å². The van der Waals surface area contributed by atoms with Gasteiger partial charge in [-0.2, -0.15) is 0 Å². The number of ether oxygens (including phenoxy) is 1. The monoisotopic (exact) mass is 336 g/mol. The molecule has 1 amide bonds. The molecule has 3 rings (SSSR count). The number of anilines is 1. The zero-order valence-electron chi connectivity index (χ0n) is 11.2. The molecule has 0 spiro atoms. The summed E-state index contributed by atoms with van der Waals surface area (Å²) in [7, 11) is 0. The van der Waals surface area contributed by atoms with Crippen molar-refractivity contribution in [3.63, 3.8) is 0 Å². The van der Waals surface area contributed by atoms with E-state index < -0.39 is 0 Å². The van der Waals surface area contributed by atoms with Crippen molar-refractivity contribution < 1.29 is 9.53 Å². The average molecular weight is 337 g/mol. The zero-order chi connectivity index (χ0) is 15.5. The van der Waals surface area contributed by atoms with Crippen molar-refractivity contribution >= 4 is 40.4 Å². The molecule has 1 N–H and O–H groups in total. The van der Waals surface area contributed by atoms with Gasteiger partial charge in [0.05, 0.1) is 10.7 Å². The maximum Gasteiger partial charge on any atom is 0.322 e. The Hall–Kier alpha value is -2.31. The first kappa shape index (κ1) is 14.6. The number of benzene rings is 1. The van der Waals surface area contributed by atoms with Gasteiger partial charge in [-0.3, -0.25) is 9.20 Å². The molecule has 22 heavy (non-hydrogen) atoms. The van der Waals surface area contributed by atoms with Gasteiger partial charge >= 0.3 is 6.01 Å². The van der Waals surface area contributed by atoms with Crippen LogP contribution < -0.4 is 10.1 Å². The second kappa shape index (κ2) is 6.21. The van der Waals surface area contributed by atoms with Gasteiger partial charge in [-0.05, 0) is 30.3 Å². The molecule has 6 nitrogen and oxygen atoms in total. The minimum absolute atomic E-state index is 0.224. The van der Waals surface area contributed by atoms with E-state index in [2.05, 4.69) is 15.5 Å². The predicted octanol–water partition coefficient (Wildman–Crippen LogP) is 3.05. The highest BCUT2D eigenvalue weighted by Gasteiger charge is 2.10. The summed E-state index contributed by atoms with van der Waals surface area (Å²) in [6, 6.07) is 10.5. The molecule has 2 aromatic heterocycles. The highest BCUT2D eigenvalue weighted by Crippen LogP contribution is 2.25. The van der Waals surface area contributed by atoms with Gasteiger partial charge < -0.3 is 10.1 Å². The quantitative estimate of drug-likeness (QED) is 0.794. The molecule has 0 saturated heterocycles. The van der Waals surface area contributed by atoms with Gasteiger partial charge in [0.1, 0.15) is 0 Å². The first-order chi connectivity index (χ1) is 10.6. The van der Waals surface area contributed by atoms with E-state index >= 15 is 0 Å². The number of nitrogens with zero attached hydrogens (tertiary/aromatic N) is 3. The molecule has 0 radical (unpaired) electrons. The molecule has 0 atom stereocenters. The molecular formula is C14H10Cl2N4O2. The largest absolute Gasteiger partial charge is 0.453 e. The molecule has 8 heteroatoms. The van der Waals surface area contributed by atoms with Crippen molar-refractivity contribution in [2.45, 2.75) is 0 Å². The fraction of sp³-hybridized carbons (Fsp3) is 0.0714. The number of nitrogens with one attached hydrogen (secondary N) is 1. The lowest BCUT2D eigenvalue weighted by atomic mass is 10.3. The summed E-state index contributed by atoms with van der Waals surface area (Å²) in [5.41, 5.74) is 1.06. The second-order valence-electron chi connectivity index (χ2n) is 4.37. The van der Waals surface area contributed by atoms with Gasteiger partial charge in [0.2, 0.25) is 0 Å². The van der Waals surface area contributed by atoms with Crippen LogP contribution in [0.15, 0.2) is 42.6 Å². The number of carbonyl (C=O) groups excluding carboxylic acids is 1. The van der Waals surface area contributed by atoms with Crippen molar-refractivity contribution in [1.29, 1.82) is 0 Å². The number of carbonyl (C=O) groups is 1. The minimum Gasteiger partial charge on any atom is -0.453 e. The van der Waals surface area contributed by atoms with Crippen LogP contribution in [0.5, 0.6) is 6.01 Å². The Morgan fingerprint density at radius 1 is 1.23 bits per heavy atom. The molecule has 0 aliphatic carbocycles. The van der Waals surface area contributed by atoms with Gasteiger partial charge in [-0.25, -0.2) is 0 Å². The number of rotatable bonds is 4. The van der Waals surface area contributed by atoms with E-state index in [1.807, 2.05) is 12.1 Å². The molecule has 0 aliphatic rings. The number of fused-ring (bicyclic) bond motifs is 1. The molecule has 2 heterocycles. The van der Waals surface area contributed by atoms with Crippen molar-refractivity contribution in [1.82, 2.24) is 14.6 Å². The third-order valence-electron chi connectivity index (χ3n) is 2.82. The summed E-state index contributed by atoms with van der Waals surface area (Å²) in [5, 5.41) is 11.3. The van der Waals surface area contributed by atoms with E-state index in [0.717, 1.165) is 0 Å². The van der Waals surface area contributed by atoms with Crippen LogP contribution in [0.25, 0.3) is 5.65 Å². The van der Waals surface area contributed by atoms with Crippen LogP contribution in [0.4, 0.5) is 5.69 Å². The topological polar surface area (TPSA) is 68.5 Å². The van der Waals surface area contributed by atoms with E-state index in [1.54, 1.807) is 34.9 Å². The molecule has 0 fully saturated rings. The Bertz CT molecular complexity index is 835. The summed E-state index contributed by atoms with van der Waals surface area (Å²) >= 11 is 11.8. The molecule has 1 aromatic carbocycles. The van der Waals surface area contributed by atoms with Crippen molar-refractivity contribution in [3.05, 3.63) is 52.6 Å². The number of hydrogen-bond donors (Lipinski definition) is 1. The van der Waals surface area contributed by atoms with Crippen LogP contribution in [-0.2, 0) is 4.79 Å². The van der Waals surface area contributed by atoms with Gasteiger partial charge in [-0.15, -0.1) is 5.10 Å². The van der Waals surface area contributed by atoms with E-state index in [-0.39, 0.29) is 18.5 Å². The number of pyridine rings is 1. The lowest BCUT2D eigenvalue weighted by Gasteiger charge is -2.08. The molecule has 0 unspecified atom stereocenters. The molecular weight excluding hydrogens is 327 g/mol. The normalized spacial score (nSPS) is 10.6. The molecule has 0 aliphatic heterocycles. The third-order valence-corrected chi connectivity index (χ3v) is 3.38. The second-order valence-corrected chi connectivity index (χ2v) is 5.22. The first-order valence-electron chi connectivity index (χ1n) is 6.31. The van der Waals surface area contributed by atoms with Crippen molar-refractivity contribution in [2.75, 3.05) is 11.9 Å². The van der Waals surface area contributed by atoms with E-state index in [1.165, 1.54) is 0 Å². The Kier molecular flexibility index (Phi) is 4.13. The highest BCUT2D eigenvalue weighted by molar-refractivity contribution is 6.35. The van der Waals surface area contributed by atoms with Crippen LogP contribution in [0, 0.1) is 0 Å². The summed E-state index contributed by atoms with van der Waals surface area (Å²) in [5.74, 6) is -0.378. The Morgan fingerprint density at radius 3 is 2.95 bits per heavy atom. The van der Waals surface area contributed by atoms with E-state index in [4.69, 9.17) is 27.9 Å². The van der Waals surface area contributed by atoms with Crippen molar-refractivity contribution in [2.24, 2.45) is 0 Å². The number of aromatic nitrogens is 3. The third kappa shape index (κ3) is 3.13. The van der Waals surface area contributed by atoms with Crippen LogP contribution >= 0.6 is 23.2 Å². The maximum atomic E-state index is 11.9. The summed E-state index contributed by atoms with van der Waals surface area (Å²) in [4.78, 5) is 11.9. The van der Waals surface area contributed by atoms with Gasteiger partial charge in [0, 0.05) is 11.2 Å². The fourth-order valence-corrected chi connectivity index (χ4v) is 2.16. The lowest BCUT2D eigenvalue weighted by molar-refractivity contribution is -0.118. The molecule has 0 saturated carbocycles. The number of amides is 1. The molecule has 112 valence electrons. The van der Waals surface area contributed by atoms with Crippen LogP contribution in [0.2, 0.25) is 10.0 Å².